The van der Waals surface area contributed by atoms with Crippen LogP contribution >= 0.6 is 11.8 Å². The molecule has 0 aromatic heterocycles. The van der Waals surface area contributed by atoms with E-state index >= 15 is 0 Å². The van der Waals surface area contributed by atoms with E-state index in [-0.39, 0.29) is 0 Å². The summed E-state index contributed by atoms with van der Waals surface area (Å²) >= 11 is 1.80. The van der Waals surface area contributed by atoms with Crippen molar-refractivity contribution in [2.75, 3.05) is 19.2 Å². The first-order chi connectivity index (χ1) is 5.88. The zero-order valence-electron chi connectivity index (χ0n) is 7.41. The fourth-order valence-electron chi connectivity index (χ4n) is 1.01. The van der Waals surface area contributed by atoms with E-state index in [0.717, 1.165) is 11.6 Å². The van der Waals surface area contributed by atoms with E-state index in [1.165, 1.54) is 5.69 Å². The van der Waals surface area contributed by atoms with Crippen LogP contribution in [0.4, 0.5) is 5.69 Å². The zero-order valence-corrected chi connectivity index (χ0v) is 8.23. The molecule has 1 rings (SSSR count). The number of hydrogen-bond donors (Lipinski definition) is 1. The summed E-state index contributed by atoms with van der Waals surface area (Å²) in [6, 6.07) is 8.05. The van der Waals surface area contributed by atoms with Crippen molar-refractivity contribution in [1.82, 2.24) is 0 Å². The number of rotatable bonds is 4. The second-order valence-electron chi connectivity index (χ2n) is 2.40. The van der Waals surface area contributed by atoms with Gasteiger partial charge in [0.1, 0.15) is 5.88 Å². The van der Waals surface area contributed by atoms with Crippen LogP contribution in [0, 0.1) is 0 Å². The zero-order chi connectivity index (χ0) is 8.81. The Morgan fingerprint density at radius 1 is 1.42 bits per heavy atom. The van der Waals surface area contributed by atoms with Gasteiger partial charge in [-0.15, -0.1) is 11.8 Å². The lowest BCUT2D eigenvalue weighted by molar-refractivity contribution is -0.550. The highest BCUT2D eigenvalue weighted by molar-refractivity contribution is 7.98. The summed E-state index contributed by atoms with van der Waals surface area (Å²) in [6.07, 6.45) is 2.09. The van der Waals surface area contributed by atoms with Crippen molar-refractivity contribution in [2.45, 2.75) is 0 Å². The van der Waals surface area contributed by atoms with Crippen molar-refractivity contribution in [2.24, 2.45) is 0 Å². The molecule has 0 aliphatic heterocycles. The molecule has 0 saturated heterocycles. The Bertz CT molecular complexity index is 240. The molecule has 1 aromatic rings. The van der Waals surface area contributed by atoms with Gasteiger partial charge in [0.25, 0.3) is 0 Å². The van der Waals surface area contributed by atoms with Gasteiger partial charge in [0.15, 0.2) is 11.4 Å². The number of benzene rings is 1. The Labute approximate surface area is 77.3 Å². The number of thioether (sulfide) groups is 1. The maximum Gasteiger partial charge on any atom is 0.179 e. The molecular weight excluding hydrogens is 170 g/mol. The molecule has 0 spiro atoms. The van der Waals surface area contributed by atoms with Crippen LogP contribution in [0.1, 0.15) is 0 Å². The third-order valence-electron chi connectivity index (χ3n) is 1.61. The number of para-hydroxylation sites is 2. The summed E-state index contributed by atoms with van der Waals surface area (Å²) in [6.45, 7) is 0. The molecule has 0 amide bonds. The van der Waals surface area contributed by atoms with Crippen LogP contribution in [0.2, 0.25) is 0 Å². The van der Waals surface area contributed by atoms with Crippen LogP contribution in [0.15, 0.2) is 24.3 Å². The van der Waals surface area contributed by atoms with E-state index in [0.29, 0.717) is 0 Å². The fourth-order valence-corrected chi connectivity index (χ4v) is 1.35. The molecule has 0 aliphatic carbocycles. The average Bonchev–Trinajstić information content (AvgIpc) is 2.15. The van der Waals surface area contributed by atoms with Crippen molar-refractivity contribution in [3.8, 4) is 5.75 Å². The minimum Gasteiger partial charge on any atom is -0.491 e. The summed E-state index contributed by atoms with van der Waals surface area (Å²) < 4.78 is 5.20. The molecule has 0 atom stereocenters. The average molecular weight is 184 g/mol. The second-order valence-corrected chi connectivity index (χ2v) is 3.31. The number of hydrogen-bond acceptors (Lipinski definition) is 2. The van der Waals surface area contributed by atoms with Crippen LogP contribution in [0.25, 0.3) is 0 Å². The molecule has 0 bridgehead atoms. The quantitative estimate of drug-likeness (QED) is 0.562. The molecule has 0 aliphatic rings. The summed E-state index contributed by atoms with van der Waals surface area (Å²) in [5.41, 5.74) is 1.18. The topological polar surface area (TPSA) is 25.8 Å². The van der Waals surface area contributed by atoms with E-state index in [1.54, 1.807) is 18.9 Å². The maximum absolute atomic E-state index is 5.20. The van der Waals surface area contributed by atoms with Crippen molar-refractivity contribution in [1.29, 1.82) is 0 Å². The van der Waals surface area contributed by atoms with Crippen molar-refractivity contribution in [3.63, 3.8) is 0 Å². The third-order valence-corrected chi connectivity index (χ3v) is 2.11. The van der Waals surface area contributed by atoms with Gasteiger partial charge in [0.05, 0.1) is 7.11 Å². The summed E-state index contributed by atoms with van der Waals surface area (Å²) in [7, 11) is 1.70. The predicted octanol–water partition coefficient (Wildman–Crippen LogP) is 1.21. The van der Waals surface area contributed by atoms with Crippen LogP contribution < -0.4 is 10.1 Å². The SMILES string of the molecule is COc1ccccc1[NH2+]CSC. The Morgan fingerprint density at radius 2 is 2.17 bits per heavy atom. The van der Waals surface area contributed by atoms with Gasteiger partial charge in [0, 0.05) is 6.07 Å². The minimum absolute atomic E-state index is 0.951. The second kappa shape index (κ2) is 5.06. The molecule has 1 aromatic carbocycles. The van der Waals surface area contributed by atoms with Crippen molar-refractivity contribution < 1.29 is 10.1 Å². The number of methoxy groups -OCH3 is 1. The largest absolute Gasteiger partial charge is 0.491 e. The Morgan fingerprint density at radius 3 is 2.83 bits per heavy atom. The lowest BCUT2D eigenvalue weighted by Crippen LogP contribution is -2.77. The first-order valence-corrected chi connectivity index (χ1v) is 5.23. The molecule has 12 heavy (non-hydrogen) atoms. The molecule has 0 fully saturated rings. The van der Waals surface area contributed by atoms with Crippen molar-refractivity contribution >= 4 is 17.4 Å². The molecule has 0 unspecified atom stereocenters. The molecular formula is C9H14NOS+. The first-order valence-electron chi connectivity index (χ1n) is 3.83. The molecule has 0 saturated carbocycles. The van der Waals surface area contributed by atoms with Gasteiger partial charge in [-0.25, -0.2) is 0 Å². The van der Waals surface area contributed by atoms with Crippen molar-refractivity contribution in [3.05, 3.63) is 24.3 Å². The van der Waals surface area contributed by atoms with E-state index in [4.69, 9.17) is 4.74 Å². The highest BCUT2D eigenvalue weighted by Gasteiger charge is 2.02. The van der Waals surface area contributed by atoms with E-state index < -0.39 is 0 Å². The molecule has 66 valence electrons. The van der Waals surface area contributed by atoms with Gasteiger partial charge in [-0.2, -0.15) is 0 Å². The van der Waals surface area contributed by atoms with Crippen LogP contribution in [-0.2, 0) is 0 Å². The number of ether oxygens (including phenoxy) is 1. The van der Waals surface area contributed by atoms with Crippen LogP contribution in [-0.4, -0.2) is 19.2 Å². The predicted molar refractivity (Wildman–Crippen MR) is 53.0 cm³/mol. The van der Waals surface area contributed by atoms with Gasteiger partial charge < -0.3 is 10.1 Å². The van der Waals surface area contributed by atoms with E-state index in [9.17, 15) is 0 Å². The Balaban J connectivity index is 2.68. The fraction of sp³-hybridized carbons (Fsp3) is 0.333. The molecule has 0 heterocycles. The van der Waals surface area contributed by atoms with Crippen LogP contribution in [0.3, 0.4) is 0 Å². The van der Waals surface area contributed by atoms with E-state index in [2.05, 4.69) is 17.6 Å². The van der Waals surface area contributed by atoms with Gasteiger partial charge >= 0.3 is 0 Å². The lowest BCUT2D eigenvalue weighted by atomic mass is 10.3. The van der Waals surface area contributed by atoms with Gasteiger partial charge in [-0.1, -0.05) is 12.1 Å². The highest BCUT2D eigenvalue weighted by atomic mass is 32.2. The van der Waals surface area contributed by atoms with Gasteiger partial charge in [-0.3, -0.25) is 0 Å². The normalized spacial score (nSPS) is 9.83. The summed E-state index contributed by atoms with van der Waals surface area (Å²) in [5, 5.41) is 2.17. The number of quaternary nitrogens is 1. The van der Waals surface area contributed by atoms with Gasteiger partial charge in [-0.05, 0) is 12.3 Å². The first kappa shape index (κ1) is 9.42. The third kappa shape index (κ3) is 2.43. The van der Waals surface area contributed by atoms with Gasteiger partial charge in [0.2, 0.25) is 0 Å². The minimum atomic E-state index is 0.951. The van der Waals surface area contributed by atoms with Crippen LogP contribution in [0.5, 0.6) is 5.75 Å². The number of nitrogens with two attached hydrogens (primary N) is 1. The molecule has 3 heteroatoms. The molecule has 2 nitrogen and oxygen atoms in total. The summed E-state index contributed by atoms with van der Waals surface area (Å²) in [5.74, 6) is 1.98. The maximum atomic E-state index is 5.20. The summed E-state index contributed by atoms with van der Waals surface area (Å²) in [4.78, 5) is 0. The molecule has 2 N–H and O–H groups in total. The standard InChI is InChI=1S/C9H13NOS/c1-11-9-6-4-3-5-8(9)10-7-12-2/h3-6,10H,7H2,1-2H3/p+1. The van der Waals surface area contributed by atoms with E-state index in [1.807, 2.05) is 18.2 Å². The highest BCUT2D eigenvalue weighted by Crippen LogP contribution is 2.17. The molecule has 0 radical (unpaired) electrons. The monoisotopic (exact) mass is 184 g/mol. The Kier molecular flexibility index (Phi) is 3.97. The lowest BCUT2D eigenvalue weighted by Gasteiger charge is -2.04. The smallest absolute Gasteiger partial charge is 0.179 e. The Hall–Kier alpha value is -0.670.